The zero-order valence-corrected chi connectivity index (χ0v) is 11.7. The SMILES string of the molecule is Nc1ccccc1NC(=O)CCn1cc(Cl)c(=O)[nH]c1=O. The van der Waals surface area contributed by atoms with E-state index in [1.165, 1.54) is 6.20 Å². The summed E-state index contributed by atoms with van der Waals surface area (Å²) in [6.07, 6.45) is 1.24. The molecule has 110 valence electrons. The van der Waals surface area contributed by atoms with Crippen molar-refractivity contribution >= 4 is 28.9 Å². The first-order valence-electron chi connectivity index (χ1n) is 6.11. The number of hydrogen-bond donors (Lipinski definition) is 3. The fourth-order valence-corrected chi connectivity index (χ4v) is 1.86. The first-order chi connectivity index (χ1) is 9.97. The molecule has 1 aromatic heterocycles. The molecule has 0 saturated heterocycles. The van der Waals surface area contributed by atoms with Crippen molar-refractivity contribution in [2.75, 3.05) is 11.1 Å². The Labute approximate surface area is 124 Å². The Balaban J connectivity index is 2.02. The van der Waals surface area contributed by atoms with Crippen LogP contribution in [-0.2, 0) is 11.3 Å². The third kappa shape index (κ3) is 3.73. The molecule has 1 aromatic carbocycles. The van der Waals surface area contributed by atoms with Gasteiger partial charge in [0.15, 0.2) is 0 Å². The number of H-pyrrole nitrogens is 1. The summed E-state index contributed by atoms with van der Waals surface area (Å²) in [5.41, 5.74) is 5.40. The molecule has 0 spiro atoms. The first-order valence-corrected chi connectivity index (χ1v) is 6.49. The predicted octanol–water partition coefficient (Wildman–Crippen LogP) is 0.801. The minimum atomic E-state index is -0.653. The lowest BCUT2D eigenvalue weighted by Gasteiger charge is -2.08. The second-order valence-corrected chi connectivity index (χ2v) is 4.72. The molecule has 1 amide bonds. The summed E-state index contributed by atoms with van der Waals surface area (Å²) in [6.45, 7) is 0.0912. The molecule has 4 N–H and O–H groups in total. The number of amides is 1. The standard InChI is InChI=1S/C13H13ClN4O3/c14-8-7-18(13(21)17-12(8)20)6-5-11(19)16-10-4-2-1-3-9(10)15/h1-4,7H,5-6,15H2,(H,16,19)(H,17,20,21). The maximum atomic E-state index is 11.8. The average molecular weight is 309 g/mol. The number of halogens is 1. The summed E-state index contributed by atoms with van der Waals surface area (Å²) >= 11 is 5.63. The van der Waals surface area contributed by atoms with Crippen LogP contribution < -0.4 is 22.3 Å². The average Bonchev–Trinajstić information content (AvgIpc) is 2.44. The molecule has 2 rings (SSSR count). The lowest BCUT2D eigenvalue weighted by atomic mass is 10.2. The van der Waals surface area contributed by atoms with Gasteiger partial charge in [0.05, 0.1) is 11.4 Å². The molecule has 0 fully saturated rings. The molecule has 21 heavy (non-hydrogen) atoms. The number of aromatic nitrogens is 2. The van der Waals surface area contributed by atoms with Crippen LogP contribution in [0.15, 0.2) is 40.1 Å². The Kier molecular flexibility index (Phi) is 4.44. The van der Waals surface area contributed by atoms with Crippen LogP contribution in [-0.4, -0.2) is 15.5 Å². The number of carbonyl (C=O) groups is 1. The molecule has 7 nitrogen and oxygen atoms in total. The number of carbonyl (C=O) groups excluding carboxylic acids is 1. The van der Waals surface area contributed by atoms with Gasteiger partial charge in [-0.3, -0.25) is 19.1 Å². The van der Waals surface area contributed by atoms with Crippen LogP contribution in [0.1, 0.15) is 6.42 Å². The maximum absolute atomic E-state index is 11.8. The van der Waals surface area contributed by atoms with E-state index < -0.39 is 11.2 Å². The molecule has 0 atom stereocenters. The van der Waals surface area contributed by atoms with E-state index in [9.17, 15) is 14.4 Å². The lowest BCUT2D eigenvalue weighted by Crippen LogP contribution is -2.30. The van der Waals surface area contributed by atoms with Gasteiger partial charge >= 0.3 is 5.69 Å². The van der Waals surface area contributed by atoms with Crippen molar-refractivity contribution in [2.45, 2.75) is 13.0 Å². The smallest absolute Gasteiger partial charge is 0.328 e. The highest BCUT2D eigenvalue weighted by molar-refractivity contribution is 6.30. The van der Waals surface area contributed by atoms with Crippen molar-refractivity contribution < 1.29 is 4.79 Å². The Morgan fingerprint density at radius 3 is 2.76 bits per heavy atom. The summed E-state index contributed by atoms with van der Waals surface area (Å²) in [5, 5.41) is 2.53. The molecule has 0 aliphatic carbocycles. The number of rotatable bonds is 4. The molecular formula is C13H13ClN4O3. The molecule has 0 unspecified atom stereocenters. The van der Waals surface area contributed by atoms with Crippen LogP contribution in [0, 0.1) is 0 Å². The number of aromatic amines is 1. The number of para-hydroxylation sites is 2. The number of hydrogen-bond acceptors (Lipinski definition) is 4. The van der Waals surface area contributed by atoms with Crippen molar-refractivity contribution in [2.24, 2.45) is 0 Å². The molecule has 0 saturated carbocycles. The summed E-state index contributed by atoms with van der Waals surface area (Å²) in [7, 11) is 0. The third-order valence-electron chi connectivity index (χ3n) is 2.78. The van der Waals surface area contributed by atoms with Crippen LogP contribution in [0.2, 0.25) is 5.02 Å². The molecule has 2 aromatic rings. The number of nitrogens with one attached hydrogen (secondary N) is 2. The van der Waals surface area contributed by atoms with Crippen LogP contribution in [0.25, 0.3) is 0 Å². The number of nitrogens with two attached hydrogens (primary N) is 1. The van der Waals surface area contributed by atoms with E-state index >= 15 is 0 Å². The second kappa shape index (κ2) is 6.27. The van der Waals surface area contributed by atoms with Gasteiger partial charge in [-0.05, 0) is 12.1 Å². The topological polar surface area (TPSA) is 110 Å². The number of nitrogens with zero attached hydrogens (tertiary/aromatic N) is 1. The van der Waals surface area contributed by atoms with Gasteiger partial charge in [0.25, 0.3) is 5.56 Å². The van der Waals surface area contributed by atoms with Crippen LogP contribution >= 0.6 is 11.6 Å². The lowest BCUT2D eigenvalue weighted by molar-refractivity contribution is -0.116. The Hall–Kier alpha value is -2.54. The van der Waals surface area contributed by atoms with Gasteiger partial charge in [-0.1, -0.05) is 23.7 Å². The number of nitrogen functional groups attached to an aromatic ring is 1. The Bertz CT molecular complexity index is 781. The van der Waals surface area contributed by atoms with E-state index in [1.807, 2.05) is 0 Å². The highest BCUT2D eigenvalue weighted by atomic mass is 35.5. The zero-order chi connectivity index (χ0) is 15.4. The van der Waals surface area contributed by atoms with Crippen molar-refractivity contribution in [3.8, 4) is 0 Å². The number of benzene rings is 1. The maximum Gasteiger partial charge on any atom is 0.328 e. The van der Waals surface area contributed by atoms with E-state index in [2.05, 4.69) is 10.3 Å². The van der Waals surface area contributed by atoms with Gasteiger partial charge in [-0.25, -0.2) is 4.79 Å². The van der Waals surface area contributed by atoms with Crippen molar-refractivity contribution in [3.63, 3.8) is 0 Å². The number of aryl methyl sites for hydroxylation is 1. The largest absolute Gasteiger partial charge is 0.397 e. The normalized spacial score (nSPS) is 10.3. The van der Waals surface area contributed by atoms with Crippen molar-refractivity contribution in [1.29, 1.82) is 0 Å². The third-order valence-corrected chi connectivity index (χ3v) is 3.05. The van der Waals surface area contributed by atoms with E-state index in [0.29, 0.717) is 11.4 Å². The quantitative estimate of drug-likeness (QED) is 0.726. The van der Waals surface area contributed by atoms with Gasteiger partial charge in [-0.15, -0.1) is 0 Å². The fourth-order valence-electron chi connectivity index (χ4n) is 1.69. The monoisotopic (exact) mass is 308 g/mol. The van der Waals surface area contributed by atoms with Gasteiger partial charge in [-0.2, -0.15) is 0 Å². The van der Waals surface area contributed by atoms with Gasteiger partial charge in [0.2, 0.25) is 5.91 Å². The van der Waals surface area contributed by atoms with E-state index in [0.717, 1.165) is 4.57 Å². The summed E-state index contributed by atoms with van der Waals surface area (Å²) in [6, 6.07) is 6.85. The second-order valence-electron chi connectivity index (χ2n) is 4.32. The summed E-state index contributed by atoms with van der Waals surface area (Å²) in [4.78, 5) is 36.5. The molecule has 0 aliphatic heterocycles. The minimum Gasteiger partial charge on any atom is -0.397 e. The van der Waals surface area contributed by atoms with Crippen molar-refractivity contribution in [3.05, 3.63) is 56.3 Å². The van der Waals surface area contributed by atoms with Crippen LogP contribution in [0.3, 0.4) is 0 Å². The van der Waals surface area contributed by atoms with Gasteiger partial charge < -0.3 is 11.1 Å². The van der Waals surface area contributed by atoms with E-state index in [-0.39, 0.29) is 23.9 Å². The highest BCUT2D eigenvalue weighted by Crippen LogP contribution is 2.16. The highest BCUT2D eigenvalue weighted by Gasteiger charge is 2.07. The minimum absolute atomic E-state index is 0.0383. The van der Waals surface area contributed by atoms with E-state index in [1.54, 1.807) is 24.3 Å². The van der Waals surface area contributed by atoms with Crippen LogP contribution in [0.5, 0.6) is 0 Å². The number of anilines is 2. The zero-order valence-electron chi connectivity index (χ0n) is 10.9. The molecule has 0 aliphatic rings. The van der Waals surface area contributed by atoms with E-state index in [4.69, 9.17) is 17.3 Å². The van der Waals surface area contributed by atoms with Crippen molar-refractivity contribution in [1.82, 2.24) is 9.55 Å². The van der Waals surface area contributed by atoms with Crippen LogP contribution in [0.4, 0.5) is 11.4 Å². The fraction of sp³-hybridized carbons (Fsp3) is 0.154. The Morgan fingerprint density at radius 2 is 2.05 bits per heavy atom. The van der Waals surface area contributed by atoms with Gasteiger partial charge in [0, 0.05) is 19.2 Å². The predicted molar refractivity (Wildman–Crippen MR) is 80.4 cm³/mol. The molecule has 1 heterocycles. The molecular weight excluding hydrogens is 296 g/mol. The Morgan fingerprint density at radius 1 is 1.33 bits per heavy atom. The first kappa shape index (κ1) is 14.9. The molecule has 0 bridgehead atoms. The summed E-state index contributed by atoms with van der Waals surface area (Å²) < 4.78 is 1.16. The van der Waals surface area contributed by atoms with Gasteiger partial charge in [0.1, 0.15) is 5.02 Å². The molecule has 8 heteroatoms. The molecule has 0 radical (unpaired) electrons. The summed E-state index contributed by atoms with van der Waals surface area (Å²) in [5.74, 6) is -0.304.